The molecule has 2 unspecified atom stereocenters. The van der Waals surface area contributed by atoms with Crippen molar-refractivity contribution < 1.29 is 60.9 Å². The van der Waals surface area contributed by atoms with Gasteiger partial charge in [0.05, 0.1) is 6.61 Å². The van der Waals surface area contributed by atoms with Gasteiger partial charge in [0, 0.05) is 6.42 Å². The van der Waals surface area contributed by atoms with Gasteiger partial charge in [0.1, 0.15) is 60.5 Å². The molecule has 0 aromatic rings. The molecule has 12 nitrogen and oxygen atoms in total. The summed E-state index contributed by atoms with van der Waals surface area (Å²) in [5, 5.41) is 108. The summed E-state index contributed by atoms with van der Waals surface area (Å²) in [7, 11) is 0. The Balaban J connectivity index is 2.34. The van der Waals surface area contributed by atoms with Crippen LogP contribution in [0.4, 0.5) is 0 Å². The van der Waals surface area contributed by atoms with Gasteiger partial charge in [-0.15, -0.1) is 0 Å². The van der Waals surface area contributed by atoms with Gasteiger partial charge in [-0.1, -0.05) is 0 Å². The molecule has 1 saturated heterocycles. The highest BCUT2D eigenvalue weighted by molar-refractivity contribution is 5.11. The maximum absolute atomic E-state index is 10.5. The van der Waals surface area contributed by atoms with E-state index in [4.69, 9.17) is 9.84 Å². The Morgan fingerprint density at radius 3 is 1.52 bits per heavy atom. The van der Waals surface area contributed by atoms with Crippen molar-refractivity contribution in [2.24, 2.45) is 0 Å². The van der Waals surface area contributed by atoms with Crippen molar-refractivity contribution >= 4 is 0 Å². The topological polar surface area (TPSA) is 232 Å². The normalized spacial score (nSPS) is 57.5. The van der Waals surface area contributed by atoms with Crippen molar-refractivity contribution in [3.8, 4) is 0 Å². The van der Waals surface area contributed by atoms with Crippen molar-refractivity contribution in [3.05, 3.63) is 0 Å². The van der Waals surface area contributed by atoms with Crippen molar-refractivity contribution in [2.45, 2.75) is 72.7 Å². The van der Waals surface area contributed by atoms with E-state index in [1.54, 1.807) is 0 Å². The average Bonchev–Trinajstić information content (AvgIpc) is 2.58. The first kappa shape index (κ1) is 20.8. The molecule has 0 radical (unpaired) electrons. The Morgan fingerprint density at radius 2 is 1.08 bits per heavy atom. The molecule has 0 bridgehead atoms. The molecule has 11 atom stereocenters. The summed E-state index contributed by atoms with van der Waals surface area (Å²) >= 11 is 0. The summed E-state index contributed by atoms with van der Waals surface area (Å²) < 4.78 is 4.92. The number of rotatable bonds is 3. The van der Waals surface area contributed by atoms with Crippen LogP contribution in [0.2, 0.25) is 0 Å². The van der Waals surface area contributed by atoms with Crippen LogP contribution >= 0.6 is 0 Å². The number of hydrogen-bond acceptors (Lipinski definition) is 12. The Hall–Kier alpha value is -0.480. The zero-order chi connectivity index (χ0) is 19.3. The lowest BCUT2D eigenvalue weighted by Gasteiger charge is -2.53. The van der Waals surface area contributed by atoms with Crippen molar-refractivity contribution in [1.29, 1.82) is 0 Å². The van der Waals surface area contributed by atoms with E-state index in [0.717, 1.165) is 0 Å². The van der Waals surface area contributed by atoms with E-state index in [0.29, 0.717) is 0 Å². The van der Waals surface area contributed by atoms with Crippen LogP contribution in [0.15, 0.2) is 0 Å². The maximum Gasteiger partial charge on any atom is 0.198 e. The first-order chi connectivity index (χ1) is 11.4. The highest BCUT2D eigenvalue weighted by Crippen LogP contribution is 2.40. The van der Waals surface area contributed by atoms with Crippen LogP contribution in [0.5, 0.6) is 0 Å². The van der Waals surface area contributed by atoms with E-state index in [2.05, 4.69) is 0 Å². The average molecular weight is 372 g/mol. The maximum atomic E-state index is 10.5. The standard InChI is InChI=1S/C13H24O12/c14-1-3-4(15)6(17)11(22)13(24,25-3)2-12(23)9(20)7(18)5(16)8(19)10(12)21/h3-11,14-24H,1-2H2/t3-,4+,5?,6+,7-,8+,9-,10-,11-,12?,13-/m1/s1. The Morgan fingerprint density at radius 1 is 0.640 bits per heavy atom. The molecule has 2 rings (SSSR count). The first-order valence-electron chi connectivity index (χ1n) is 7.58. The monoisotopic (exact) mass is 372 g/mol. The molecular weight excluding hydrogens is 348 g/mol. The summed E-state index contributed by atoms with van der Waals surface area (Å²) in [4.78, 5) is 0. The van der Waals surface area contributed by atoms with Gasteiger partial charge >= 0.3 is 0 Å². The minimum Gasteiger partial charge on any atom is -0.394 e. The summed E-state index contributed by atoms with van der Waals surface area (Å²) in [5.41, 5.74) is -2.88. The zero-order valence-corrected chi connectivity index (χ0v) is 12.9. The molecule has 12 heteroatoms. The molecule has 2 fully saturated rings. The molecule has 0 amide bonds. The van der Waals surface area contributed by atoms with E-state index >= 15 is 0 Å². The third-order valence-corrected chi connectivity index (χ3v) is 4.96. The third-order valence-electron chi connectivity index (χ3n) is 4.96. The summed E-state index contributed by atoms with van der Waals surface area (Å²) in [6, 6.07) is 0. The summed E-state index contributed by atoms with van der Waals surface area (Å²) in [6.07, 6.45) is -19.7. The summed E-state index contributed by atoms with van der Waals surface area (Å²) in [5.74, 6) is -2.88. The van der Waals surface area contributed by atoms with Crippen LogP contribution in [0.1, 0.15) is 6.42 Å². The predicted octanol–water partition coefficient (Wildman–Crippen LogP) is -6.91. The number of ether oxygens (including phenoxy) is 1. The lowest BCUT2D eigenvalue weighted by molar-refractivity contribution is -0.376. The Kier molecular flexibility index (Phi) is 5.76. The quantitative estimate of drug-likeness (QED) is 0.222. The van der Waals surface area contributed by atoms with E-state index in [1.165, 1.54) is 0 Å². The molecule has 11 N–H and O–H groups in total. The number of aliphatic hydroxyl groups excluding tert-OH is 9. The van der Waals surface area contributed by atoms with Crippen LogP contribution in [0.25, 0.3) is 0 Å². The van der Waals surface area contributed by atoms with Crippen molar-refractivity contribution in [1.82, 2.24) is 0 Å². The van der Waals surface area contributed by atoms with Crippen LogP contribution in [-0.2, 0) is 4.74 Å². The Labute approximate surface area is 141 Å². The number of hydrogen-bond donors (Lipinski definition) is 11. The molecule has 1 aliphatic carbocycles. The van der Waals surface area contributed by atoms with Crippen LogP contribution in [0.3, 0.4) is 0 Å². The minimum atomic E-state index is -2.88. The predicted molar refractivity (Wildman–Crippen MR) is 74.5 cm³/mol. The van der Waals surface area contributed by atoms with E-state index in [1.807, 2.05) is 0 Å². The highest BCUT2D eigenvalue weighted by atomic mass is 16.7. The molecule has 1 saturated carbocycles. The van der Waals surface area contributed by atoms with Gasteiger partial charge < -0.3 is 60.9 Å². The van der Waals surface area contributed by atoms with Gasteiger partial charge in [-0.05, 0) is 0 Å². The van der Waals surface area contributed by atoms with Gasteiger partial charge in [0.2, 0.25) is 0 Å². The smallest absolute Gasteiger partial charge is 0.198 e. The lowest BCUT2D eigenvalue weighted by Crippen LogP contribution is -2.75. The largest absolute Gasteiger partial charge is 0.394 e. The molecule has 1 aliphatic heterocycles. The second-order valence-corrected chi connectivity index (χ2v) is 6.64. The fraction of sp³-hybridized carbons (Fsp3) is 1.00. The van der Waals surface area contributed by atoms with Crippen molar-refractivity contribution in [3.63, 3.8) is 0 Å². The molecule has 2 aliphatic rings. The van der Waals surface area contributed by atoms with E-state index in [9.17, 15) is 51.1 Å². The van der Waals surface area contributed by atoms with Gasteiger partial charge in [0.25, 0.3) is 0 Å². The van der Waals surface area contributed by atoms with Gasteiger partial charge in [0.15, 0.2) is 5.79 Å². The lowest BCUT2D eigenvalue weighted by atomic mass is 9.70. The third kappa shape index (κ3) is 3.18. The van der Waals surface area contributed by atoms with Gasteiger partial charge in [-0.2, -0.15) is 0 Å². The van der Waals surface area contributed by atoms with Gasteiger partial charge in [-0.25, -0.2) is 0 Å². The molecule has 0 spiro atoms. The Bertz CT molecular complexity index is 458. The second-order valence-electron chi connectivity index (χ2n) is 6.64. The number of aliphatic hydroxyl groups is 11. The molecule has 1 heterocycles. The molecule has 0 aromatic heterocycles. The molecule has 25 heavy (non-hydrogen) atoms. The SMILES string of the molecule is OC[C@H]1O[C@](O)(CC2(O)[C@H](O)[C@H](O)C(O)[C@H](O)[C@H]2O)[C@H](O)[C@@H](O)[C@H]1O. The summed E-state index contributed by atoms with van der Waals surface area (Å²) in [6.45, 7) is -0.888. The first-order valence-corrected chi connectivity index (χ1v) is 7.58. The fourth-order valence-corrected chi connectivity index (χ4v) is 3.32. The van der Waals surface area contributed by atoms with E-state index in [-0.39, 0.29) is 0 Å². The highest BCUT2D eigenvalue weighted by Gasteiger charge is 2.63. The van der Waals surface area contributed by atoms with Crippen LogP contribution < -0.4 is 0 Å². The second kappa shape index (κ2) is 6.92. The molecule has 148 valence electrons. The zero-order valence-electron chi connectivity index (χ0n) is 12.9. The molecule has 0 aromatic carbocycles. The van der Waals surface area contributed by atoms with Crippen LogP contribution in [-0.4, -0.2) is 129 Å². The van der Waals surface area contributed by atoms with Crippen LogP contribution in [0, 0.1) is 0 Å². The fourth-order valence-electron chi connectivity index (χ4n) is 3.32. The molecular formula is C13H24O12. The van der Waals surface area contributed by atoms with E-state index < -0.39 is 79.4 Å². The van der Waals surface area contributed by atoms with Gasteiger partial charge in [-0.3, -0.25) is 0 Å². The minimum absolute atomic E-state index is 0.888. The van der Waals surface area contributed by atoms with Crippen molar-refractivity contribution in [2.75, 3.05) is 6.61 Å².